The van der Waals surface area contributed by atoms with Crippen LogP contribution in [0.25, 0.3) is 11.5 Å². The molecule has 1 aromatic heterocycles. The molecule has 4 aromatic rings. The van der Waals surface area contributed by atoms with E-state index < -0.39 is 5.97 Å². The van der Waals surface area contributed by atoms with E-state index >= 15 is 0 Å². The molecular weight excluding hydrogens is 432 g/mol. The van der Waals surface area contributed by atoms with E-state index in [2.05, 4.69) is 10.1 Å². The van der Waals surface area contributed by atoms with Crippen LogP contribution >= 0.6 is 0 Å². The lowest BCUT2D eigenvalue weighted by Gasteiger charge is -2.07. The Morgan fingerprint density at radius 2 is 1.59 bits per heavy atom. The number of rotatable bonds is 11. The van der Waals surface area contributed by atoms with Gasteiger partial charge in [-0.15, -0.1) is 0 Å². The van der Waals surface area contributed by atoms with Crippen LogP contribution in [0.3, 0.4) is 0 Å². The zero-order valence-corrected chi connectivity index (χ0v) is 18.5. The molecule has 7 heteroatoms. The van der Waals surface area contributed by atoms with Crippen LogP contribution in [-0.4, -0.2) is 21.8 Å². The molecule has 0 fully saturated rings. The van der Waals surface area contributed by atoms with Gasteiger partial charge >= 0.3 is 5.97 Å². The number of aliphatic carboxylic acids is 1. The van der Waals surface area contributed by atoms with E-state index in [-0.39, 0.29) is 13.0 Å². The minimum Gasteiger partial charge on any atom is -0.487 e. The third-order valence-electron chi connectivity index (χ3n) is 4.97. The first kappa shape index (κ1) is 22.8. The van der Waals surface area contributed by atoms with Crippen molar-refractivity contribution in [1.82, 2.24) is 4.98 Å². The van der Waals surface area contributed by atoms with Crippen molar-refractivity contribution in [3.8, 4) is 17.2 Å². The highest BCUT2D eigenvalue weighted by Gasteiger charge is 2.09. The molecule has 3 aromatic carbocycles. The number of hydrogen-bond donors (Lipinski definition) is 1. The molecular formula is C27H24N2O5. The van der Waals surface area contributed by atoms with E-state index in [0.29, 0.717) is 36.1 Å². The number of nitrogens with zero attached hydrogens (tertiary/aromatic N) is 2. The Hall–Kier alpha value is -4.39. The second kappa shape index (κ2) is 11.5. The molecule has 0 bridgehead atoms. The molecule has 0 saturated heterocycles. The highest BCUT2D eigenvalue weighted by atomic mass is 16.6. The number of benzene rings is 3. The highest BCUT2D eigenvalue weighted by Crippen LogP contribution is 2.20. The Bertz CT molecular complexity index is 1220. The van der Waals surface area contributed by atoms with E-state index in [1.807, 2.05) is 84.9 Å². The first-order valence-corrected chi connectivity index (χ1v) is 10.8. The number of carbonyl (C=O) groups is 1. The number of oxime groups is 1. The summed E-state index contributed by atoms with van der Waals surface area (Å²) >= 11 is 0. The topological polar surface area (TPSA) is 94.2 Å². The van der Waals surface area contributed by atoms with E-state index in [1.165, 1.54) is 0 Å². The van der Waals surface area contributed by atoms with Gasteiger partial charge in [0.25, 0.3) is 0 Å². The minimum atomic E-state index is -0.874. The van der Waals surface area contributed by atoms with Crippen molar-refractivity contribution in [2.24, 2.45) is 5.16 Å². The summed E-state index contributed by atoms with van der Waals surface area (Å²) in [6.07, 6.45) is 1.87. The third-order valence-corrected chi connectivity index (χ3v) is 4.97. The average Bonchev–Trinajstić information content (AvgIpc) is 3.36. The first-order valence-electron chi connectivity index (χ1n) is 10.8. The maximum atomic E-state index is 11.0. The van der Waals surface area contributed by atoms with E-state index in [9.17, 15) is 4.79 Å². The largest absolute Gasteiger partial charge is 0.487 e. The molecule has 4 rings (SSSR count). The molecule has 0 aliphatic heterocycles. The van der Waals surface area contributed by atoms with Crippen molar-refractivity contribution >= 4 is 11.7 Å². The maximum absolute atomic E-state index is 11.0. The highest BCUT2D eigenvalue weighted by molar-refractivity contribution is 6.01. The second-order valence-corrected chi connectivity index (χ2v) is 7.51. The molecule has 34 heavy (non-hydrogen) atoms. The van der Waals surface area contributed by atoms with Crippen LogP contribution in [0.4, 0.5) is 0 Å². The fourth-order valence-corrected chi connectivity index (χ4v) is 3.21. The van der Waals surface area contributed by atoms with Gasteiger partial charge in [-0.25, -0.2) is 4.98 Å². The van der Waals surface area contributed by atoms with Crippen molar-refractivity contribution in [2.45, 2.75) is 26.1 Å². The lowest BCUT2D eigenvalue weighted by atomic mass is 10.1. The van der Waals surface area contributed by atoms with Gasteiger partial charge in [-0.05, 0) is 35.4 Å². The Kier molecular flexibility index (Phi) is 7.69. The van der Waals surface area contributed by atoms with Crippen LogP contribution in [0.2, 0.25) is 0 Å². The number of ether oxygens (including phenoxy) is 1. The molecule has 0 amide bonds. The zero-order chi connectivity index (χ0) is 23.6. The summed E-state index contributed by atoms with van der Waals surface area (Å²) in [6, 6.07) is 26.6. The Balaban J connectivity index is 1.30. The average molecular weight is 456 g/mol. The number of aromatic nitrogens is 1. The summed E-state index contributed by atoms with van der Waals surface area (Å²) in [5, 5.41) is 13.2. The molecule has 0 spiro atoms. The smallest absolute Gasteiger partial charge is 0.303 e. The lowest BCUT2D eigenvalue weighted by molar-refractivity contribution is -0.136. The molecule has 1 N–H and O–H groups in total. The SMILES string of the molecule is O=C(O)CC/C(=N/OCc1ccc(OCc2coc(-c3ccccc3)n2)cc1)c1ccccc1. The van der Waals surface area contributed by atoms with Crippen molar-refractivity contribution in [2.75, 3.05) is 0 Å². The van der Waals surface area contributed by atoms with E-state index in [1.54, 1.807) is 6.26 Å². The Labute approximate surface area is 197 Å². The van der Waals surface area contributed by atoms with Gasteiger partial charge < -0.3 is 19.1 Å². The summed E-state index contributed by atoms with van der Waals surface area (Å²) < 4.78 is 11.3. The fourth-order valence-electron chi connectivity index (χ4n) is 3.21. The Morgan fingerprint density at radius 3 is 2.29 bits per heavy atom. The predicted octanol–water partition coefficient (Wildman–Crippen LogP) is 5.71. The van der Waals surface area contributed by atoms with Gasteiger partial charge in [-0.3, -0.25) is 4.79 Å². The molecule has 0 aliphatic rings. The van der Waals surface area contributed by atoms with Gasteiger partial charge in [-0.1, -0.05) is 65.8 Å². The molecule has 0 radical (unpaired) electrons. The molecule has 0 unspecified atom stereocenters. The molecule has 0 aliphatic carbocycles. The van der Waals surface area contributed by atoms with Gasteiger partial charge in [0.1, 0.15) is 30.9 Å². The number of hydrogen-bond acceptors (Lipinski definition) is 6. The van der Waals surface area contributed by atoms with Crippen molar-refractivity contribution in [3.63, 3.8) is 0 Å². The van der Waals surface area contributed by atoms with Gasteiger partial charge in [0, 0.05) is 12.0 Å². The van der Waals surface area contributed by atoms with E-state index in [0.717, 1.165) is 16.7 Å². The van der Waals surface area contributed by atoms with Crippen LogP contribution in [-0.2, 0) is 22.8 Å². The molecule has 0 atom stereocenters. The quantitative estimate of drug-likeness (QED) is 0.230. The van der Waals surface area contributed by atoms with Crippen LogP contribution in [0, 0.1) is 0 Å². The summed E-state index contributed by atoms with van der Waals surface area (Å²) in [6.45, 7) is 0.549. The van der Waals surface area contributed by atoms with Crippen LogP contribution in [0.5, 0.6) is 5.75 Å². The molecule has 1 heterocycles. The van der Waals surface area contributed by atoms with Crippen molar-refractivity contribution in [1.29, 1.82) is 0 Å². The van der Waals surface area contributed by atoms with Crippen LogP contribution in [0.15, 0.2) is 101 Å². The summed E-state index contributed by atoms with van der Waals surface area (Å²) in [5.74, 6) is 0.384. The third kappa shape index (κ3) is 6.56. The standard InChI is InChI=1S/C27H24N2O5/c30-26(31)16-15-25(21-7-3-1-4-8-21)29-34-17-20-11-13-24(14-12-20)32-18-23-19-33-27(28-23)22-9-5-2-6-10-22/h1-14,19H,15-18H2,(H,30,31)/b29-25-. The number of oxazole rings is 1. The number of carboxylic acid groups (broad SMARTS) is 1. The first-order chi connectivity index (χ1) is 16.7. The summed E-state index contributed by atoms with van der Waals surface area (Å²) in [5.41, 5.74) is 3.98. The lowest BCUT2D eigenvalue weighted by Crippen LogP contribution is -2.06. The van der Waals surface area contributed by atoms with Gasteiger partial charge in [0.05, 0.1) is 12.1 Å². The summed E-state index contributed by atoms with van der Waals surface area (Å²) in [7, 11) is 0. The normalized spacial score (nSPS) is 11.2. The van der Waals surface area contributed by atoms with Crippen LogP contribution < -0.4 is 4.74 Å². The zero-order valence-electron chi connectivity index (χ0n) is 18.5. The minimum absolute atomic E-state index is 0.0124. The number of carboxylic acids is 1. The molecule has 7 nitrogen and oxygen atoms in total. The second-order valence-electron chi connectivity index (χ2n) is 7.51. The summed E-state index contributed by atoms with van der Waals surface area (Å²) in [4.78, 5) is 20.9. The Morgan fingerprint density at radius 1 is 0.882 bits per heavy atom. The maximum Gasteiger partial charge on any atom is 0.303 e. The van der Waals surface area contributed by atoms with Gasteiger partial charge in [0.15, 0.2) is 0 Å². The monoisotopic (exact) mass is 456 g/mol. The molecule has 172 valence electrons. The van der Waals surface area contributed by atoms with E-state index in [4.69, 9.17) is 19.1 Å². The predicted molar refractivity (Wildman–Crippen MR) is 127 cm³/mol. The van der Waals surface area contributed by atoms with Crippen LogP contribution in [0.1, 0.15) is 29.7 Å². The van der Waals surface area contributed by atoms with Gasteiger partial charge in [-0.2, -0.15) is 0 Å². The molecule has 0 saturated carbocycles. The van der Waals surface area contributed by atoms with Crippen molar-refractivity contribution < 1.29 is 23.9 Å². The van der Waals surface area contributed by atoms with Crippen molar-refractivity contribution in [3.05, 3.63) is 108 Å². The van der Waals surface area contributed by atoms with Gasteiger partial charge in [0.2, 0.25) is 5.89 Å². The fraction of sp³-hybridized carbons (Fsp3) is 0.148.